The third kappa shape index (κ3) is 3.79. The molecule has 0 saturated carbocycles. The fourth-order valence-corrected chi connectivity index (χ4v) is 3.85. The lowest BCUT2D eigenvalue weighted by molar-refractivity contribution is -0.134. The Kier molecular flexibility index (Phi) is 5.40. The number of carbonyl (C=O) groups excluding carboxylic acids is 2. The zero-order valence-corrected chi connectivity index (χ0v) is 16.0. The summed E-state index contributed by atoms with van der Waals surface area (Å²) in [4.78, 5) is 34.4. The zero-order valence-electron chi connectivity index (χ0n) is 16.0. The van der Waals surface area contributed by atoms with E-state index >= 15 is 0 Å². The highest BCUT2D eigenvalue weighted by Crippen LogP contribution is 2.27. The second kappa shape index (κ2) is 8.12. The van der Waals surface area contributed by atoms with Crippen LogP contribution >= 0.6 is 0 Å². The monoisotopic (exact) mass is 383 g/mol. The molecule has 2 aliphatic rings. The third-order valence-electron chi connectivity index (χ3n) is 5.34. The summed E-state index contributed by atoms with van der Waals surface area (Å²) in [6, 6.07) is 5.52. The fourth-order valence-electron chi connectivity index (χ4n) is 3.85. The highest BCUT2D eigenvalue weighted by atomic mass is 16.5. The molecule has 148 valence electrons. The topological polar surface area (TPSA) is 99.4 Å². The molecule has 8 heteroatoms. The van der Waals surface area contributed by atoms with Crippen LogP contribution in [0.1, 0.15) is 35.0 Å². The van der Waals surface area contributed by atoms with Crippen LogP contribution in [0.15, 0.2) is 24.5 Å². The number of rotatable bonds is 5. The molecule has 3 heterocycles. The van der Waals surface area contributed by atoms with Gasteiger partial charge in [0.2, 0.25) is 11.8 Å². The van der Waals surface area contributed by atoms with Gasteiger partial charge in [-0.05, 0) is 29.7 Å². The van der Waals surface area contributed by atoms with Crippen molar-refractivity contribution in [3.8, 4) is 0 Å². The minimum atomic E-state index is -0.395. The van der Waals surface area contributed by atoms with Crippen molar-refractivity contribution >= 4 is 17.5 Å². The Hall–Kier alpha value is -2.71. The SMILES string of the molecule is COCCC(=O)Nc1ccc2c(c1)CN(C(=O)[C@@H]1NCCc3[nH]cnc31)CC2. The van der Waals surface area contributed by atoms with Gasteiger partial charge in [0, 0.05) is 44.5 Å². The first-order chi connectivity index (χ1) is 13.7. The predicted octanol–water partition coefficient (Wildman–Crippen LogP) is 1.16. The van der Waals surface area contributed by atoms with Gasteiger partial charge in [-0.25, -0.2) is 4.98 Å². The van der Waals surface area contributed by atoms with Crippen molar-refractivity contribution in [2.45, 2.75) is 31.8 Å². The standard InChI is InChI=1S/C20H25N5O3/c1-28-9-6-17(26)24-15-3-2-13-5-8-25(11-14(13)10-15)20(27)19-18-16(4-7-21-19)22-12-23-18/h2-3,10,12,19,21H,4-9,11H2,1H3,(H,22,23)(H,24,26)/t19-/m1/s1. The summed E-state index contributed by atoms with van der Waals surface area (Å²) in [7, 11) is 1.57. The van der Waals surface area contributed by atoms with Gasteiger partial charge in [-0.2, -0.15) is 0 Å². The molecule has 8 nitrogen and oxygen atoms in total. The van der Waals surface area contributed by atoms with Gasteiger partial charge in [0.1, 0.15) is 6.04 Å². The number of nitrogens with zero attached hydrogens (tertiary/aromatic N) is 2. The second-order valence-electron chi connectivity index (χ2n) is 7.19. The maximum absolute atomic E-state index is 13.1. The van der Waals surface area contributed by atoms with E-state index in [-0.39, 0.29) is 11.8 Å². The van der Waals surface area contributed by atoms with Crippen LogP contribution in [0.25, 0.3) is 0 Å². The number of ether oxygens (including phenoxy) is 1. The molecule has 1 atom stereocenters. The van der Waals surface area contributed by atoms with E-state index in [1.165, 1.54) is 5.56 Å². The Morgan fingerprint density at radius 3 is 3.07 bits per heavy atom. The number of nitrogens with one attached hydrogen (secondary N) is 3. The molecule has 1 aromatic heterocycles. The molecule has 0 bridgehead atoms. The van der Waals surface area contributed by atoms with Crippen molar-refractivity contribution in [1.82, 2.24) is 20.2 Å². The predicted molar refractivity (Wildman–Crippen MR) is 104 cm³/mol. The molecule has 0 radical (unpaired) electrons. The van der Waals surface area contributed by atoms with Gasteiger partial charge >= 0.3 is 0 Å². The van der Waals surface area contributed by atoms with Gasteiger partial charge in [0.05, 0.1) is 25.0 Å². The third-order valence-corrected chi connectivity index (χ3v) is 5.34. The summed E-state index contributed by atoms with van der Waals surface area (Å²) in [5.74, 6) is -0.0313. The first-order valence-corrected chi connectivity index (χ1v) is 9.60. The molecular weight excluding hydrogens is 358 g/mol. The molecule has 2 aliphatic heterocycles. The lowest BCUT2D eigenvalue weighted by Crippen LogP contribution is -2.45. The number of aromatic amines is 1. The minimum absolute atomic E-state index is 0.0493. The Balaban J connectivity index is 1.46. The van der Waals surface area contributed by atoms with Gasteiger partial charge in [-0.15, -0.1) is 0 Å². The number of imidazole rings is 1. The lowest BCUT2D eigenvalue weighted by Gasteiger charge is -2.33. The van der Waals surface area contributed by atoms with E-state index < -0.39 is 6.04 Å². The summed E-state index contributed by atoms with van der Waals surface area (Å²) < 4.78 is 4.94. The Bertz CT molecular complexity index is 878. The number of hydrogen-bond donors (Lipinski definition) is 3. The number of hydrogen-bond acceptors (Lipinski definition) is 5. The lowest BCUT2D eigenvalue weighted by atomic mass is 9.97. The fraction of sp³-hybridized carbons (Fsp3) is 0.450. The number of methoxy groups -OCH3 is 1. The van der Waals surface area contributed by atoms with E-state index in [4.69, 9.17) is 4.74 Å². The van der Waals surface area contributed by atoms with E-state index in [2.05, 4.69) is 20.6 Å². The zero-order chi connectivity index (χ0) is 19.5. The maximum Gasteiger partial charge on any atom is 0.246 e. The summed E-state index contributed by atoms with van der Waals surface area (Å²) >= 11 is 0. The number of amides is 2. The minimum Gasteiger partial charge on any atom is -0.384 e. The van der Waals surface area contributed by atoms with Gasteiger partial charge in [0.25, 0.3) is 0 Å². The number of H-pyrrole nitrogens is 1. The van der Waals surface area contributed by atoms with Crippen LogP contribution in [0.5, 0.6) is 0 Å². The van der Waals surface area contributed by atoms with Crippen molar-refractivity contribution in [1.29, 1.82) is 0 Å². The molecule has 0 saturated heterocycles. The number of benzene rings is 1. The van der Waals surface area contributed by atoms with Crippen molar-refractivity contribution in [2.24, 2.45) is 0 Å². The van der Waals surface area contributed by atoms with Crippen molar-refractivity contribution in [2.75, 3.05) is 32.1 Å². The van der Waals surface area contributed by atoms with Gasteiger partial charge in [-0.1, -0.05) is 6.07 Å². The highest BCUT2D eigenvalue weighted by Gasteiger charge is 2.33. The summed E-state index contributed by atoms with van der Waals surface area (Å²) in [5, 5.41) is 6.19. The summed E-state index contributed by atoms with van der Waals surface area (Å²) in [6.45, 7) is 2.37. The van der Waals surface area contributed by atoms with Crippen molar-refractivity contribution in [3.05, 3.63) is 47.0 Å². The van der Waals surface area contributed by atoms with Crippen LogP contribution in [0.3, 0.4) is 0 Å². The first kappa shape index (κ1) is 18.6. The number of fused-ring (bicyclic) bond motifs is 2. The molecule has 3 N–H and O–H groups in total. The van der Waals surface area contributed by atoms with E-state index in [0.29, 0.717) is 26.1 Å². The van der Waals surface area contributed by atoms with Crippen LogP contribution in [0.4, 0.5) is 5.69 Å². The second-order valence-corrected chi connectivity index (χ2v) is 7.19. The van der Waals surface area contributed by atoms with Crippen molar-refractivity contribution < 1.29 is 14.3 Å². The number of carbonyl (C=O) groups is 2. The average molecular weight is 383 g/mol. The molecule has 4 rings (SSSR count). The van der Waals surface area contributed by atoms with E-state index in [0.717, 1.165) is 42.0 Å². The normalized spacial score (nSPS) is 18.3. The molecule has 0 unspecified atom stereocenters. The molecule has 28 heavy (non-hydrogen) atoms. The average Bonchev–Trinajstić information content (AvgIpc) is 3.20. The molecule has 0 spiro atoms. The molecule has 2 amide bonds. The van der Waals surface area contributed by atoms with Crippen LogP contribution in [0.2, 0.25) is 0 Å². The number of aromatic nitrogens is 2. The molecule has 1 aromatic carbocycles. The Morgan fingerprint density at radius 2 is 2.21 bits per heavy atom. The maximum atomic E-state index is 13.1. The van der Waals surface area contributed by atoms with Gasteiger partial charge in [0.15, 0.2) is 0 Å². The largest absolute Gasteiger partial charge is 0.384 e. The Labute approximate surface area is 163 Å². The summed E-state index contributed by atoms with van der Waals surface area (Å²) in [6.07, 6.45) is 3.63. The quantitative estimate of drug-likeness (QED) is 0.720. The smallest absolute Gasteiger partial charge is 0.246 e. The van der Waals surface area contributed by atoms with Crippen LogP contribution in [-0.4, -0.2) is 53.5 Å². The van der Waals surface area contributed by atoms with Crippen LogP contribution in [0, 0.1) is 0 Å². The molecule has 0 fully saturated rings. The van der Waals surface area contributed by atoms with Gasteiger partial charge in [-0.3, -0.25) is 9.59 Å². The summed E-state index contributed by atoms with van der Waals surface area (Å²) in [5.41, 5.74) is 4.88. The molecule has 0 aliphatic carbocycles. The van der Waals surface area contributed by atoms with Gasteiger partial charge < -0.3 is 25.3 Å². The molecular formula is C20H25N5O3. The Morgan fingerprint density at radius 1 is 1.32 bits per heavy atom. The van der Waals surface area contributed by atoms with E-state index in [9.17, 15) is 9.59 Å². The molecule has 2 aromatic rings. The van der Waals surface area contributed by atoms with Crippen molar-refractivity contribution in [3.63, 3.8) is 0 Å². The number of anilines is 1. The highest BCUT2D eigenvalue weighted by molar-refractivity contribution is 5.91. The first-order valence-electron chi connectivity index (χ1n) is 9.60. The van der Waals surface area contributed by atoms with E-state index in [1.54, 1.807) is 13.4 Å². The van der Waals surface area contributed by atoms with E-state index in [1.807, 2.05) is 23.1 Å². The van der Waals surface area contributed by atoms with Crippen LogP contribution < -0.4 is 10.6 Å². The van der Waals surface area contributed by atoms with Crippen LogP contribution in [-0.2, 0) is 33.7 Å².